The Bertz CT molecular complexity index is 3120. The number of aliphatic hydroxyl groups excluding tert-OH is 5. The molecule has 4 fully saturated rings. The monoisotopic (exact) mass is 1250 g/mol. The molecule has 4 aliphatic rings. The molecule has 8 rings (SSSR count). The zero-order chi connectivity index (χ0) is 64.9. The average Bonchev–Trinajstić information content (AvgIpc) is 4.10. The molecule has 0 radical (unpaired) electrons. The highest BCUT2D eigenvalue weighted by molar-refractivity contribution is 6.01. The number of likely N-dealkylation sites (tertiary alicyclic amines) is 1. The highest BCUT2D eigenvalue weighted by Crippen LogP contribution is 2.31. The molecule has 4 heterocycles. The van der Waals surface area contributed by atoms with Crippen LogP contribution in [0.2, 0.25) is 0 Å². The molecular weight excluding hydrogens is 1160 g/mol. The summed E-state index contributed by atoms with van der Waals surface area (Å²) in [5.74, 6) is -9.45. The van der Waals surface area contributed by atoms with Gasteiger partial charge in [-0.1, -0.05) is 87.4 Å². The smallest absolute Gasteiger partial charge is 0.251 e. The fraction of sp³-hybridized carbons (Fsp3) is 0.515. The predicted molar refractivity (Wildman–Crippen MR) is 332 cm³/mol. The van der Waals surface area contributed by atoms with E-state index in [0.29, 0.717) is 25.0 Å². The lowest BCUT2D eigenvalue weighted by atomic mass is 9.89. The molecule has 4 aromatic rings. The van der Waals surface area contributed by atoms with E-state index in [4.69, 9.17) is 4.74 Å². The van der Waals surface area contributed by atoms with Gasteiger partial charge in [-0.3, -0.25) is 38.4 Å². The van der Waals surface area contributed by atoms with Crippen LogP contribution in [0, 0.1) is 11.8 Å². The number of fused-ring (bicyclic) bond motifs is 2. The minimum atomic E-state index is -1.87. The van der Waals surface area contributed by atoms with Gasteiger partial charge >= 0.3 is 0 Å². The van der Waals surface area contributed by atoms with Crippen LogP contribution in [0.15, 0.2) is 97.1 Å². The first-order valence-corrected chi connectivity index (χ1v) is 31.2. The number of nitrogens with zero attached hydrogens (tertiary/aromatic N) is 3. The SMILES string of the molecule is CCCCCOc1ccc(-c2ccc(-c3ccc(C(=O)N[C@H]4CNC(=O)[C@H](CNC5CCN(C)CC5)NC(=O)[C@@H]5[C@@H](O)[C@@H](C)CN5C(=O)[C@H](C(C)O)CC(=O)[C@H]([C@H](O)Cc5ccc(O)cc5)NC(=O)[C@@H]5C[C@@H](O)CN5C(=O)[C@H](C(C)O)NC4=O)cc3)cc2)cc1. The second kappa shape index (κ2) is 31.3. The third-order valence-corrected chi connectivity index (χ3v) is 17.6. The van der Waals surface area contributed by atoms with Crippen LogP contribution in [0.5, 0.6) is 11.5 Å². The van der Waals surface area contributed by atoms with Crippen LogP contribution in [0.4, 0.5) is 0 Å². The Morgan fingerprint density at radius 1 is 0.700 bits per heavy atom. The number of amides is 7. The molecular formula is C66H87N9O15. The number of Topliss-reactive ketones (excluding diaryl/α,β-unsaturated/α-hetero) is 1. The summed E-state index contributed by atoms with van der Waals surface area (Å²) in [6.07, 6.45) is -4.89. The van der Waals surface area contributed by atoms with E-state index in [2.05, 4.69) is 43.7 Å². The van der Waals surface area contributed by atoms with E-state index in [1.165, 1.54) is 50.2 Å². The van der Waals surface area contributed by atoms with Gasteiger partial charge in [0.1, 0.15) is 47.8 Å². The molecule has 4 aromatic carbocycles. The van der Waals surface area contributed by atoms with Crippen LogP contribution in [0.25, 0.3) is 22.3 Å². The van der Waals surface area contributed by atoms with E-state index in [0.717, 1.165) is 70.2 Å². The van der Waals surface area contributed by atoms with Gasteiger partial charge in [0.25, 0.3) is 5.91 Å². The number of piperidine rings is 1. The summed E-state index contributed by atoms with van der Waals surface area (Å²) in [4.78, 5) is 121. The van der Waals surface area contributed by atoms with Crippen molar-refractivity contribution in [2.75, 3.05) is 52.9 Å². The molecule has 0 aromatic heterocycles. The average molecular weight is 1250 g/mol. The number of phenols is 1. The number of rotatable bonds is 17. The van der Waals surface area contributed by atoms with Crippen molar-refractivity contribution in [3.63, 3.8) is 0 Å². The van der Waals surface area contributed by atoms with Gasteiger partial charge in [-0.15, -0.1) is 0 Å². The Kier molecular flexibility index (Phi) is 23.6. The van der Waals surface area contributed by atoms with Crippen molar-refractivity contribution < 1.29 is 73.7 Å². The van der Waals surface area contributed by atoms with E-state index in [1.807, 2.05) is 55.6 Å². The number of ether oxygens (including phenoxy) is 1. The summed E-state index contributed by atoms with van der Waals surface area (Å²) in [6, 6.07) is 17.6. The summed E-state index contributed by atoms with van der Waals surface area (Å²) in [6.45, 7) is 6.67. The minimum absolute atomic E-state index is 0.0893. The highest BCUT2D eigenvalue weighted by atomic mass is 16.5. The number of carbonyl (C=O) groups is 8. The molecule has 486 valence electrons. The molecule has 24 nitrogen and oxygen atoms in total. The molecule has 13 atom stereocenters. The molecule has 24 heteroatoms. The van der Waals surface area contributed by atoms with E-state index in [1.54, 1.807) is 19.1 Å². The number of hydrogen-bond donors (Lipinski definition) is 12. The van der Waals surface area contributed by atoms with Gasteiger partial charge in [-0.2, -0.15) is 0 Å². The summed E-state index contributed by atoms with van der Waals surface area (Å²) >= 11 is 0. The van der Waals surface area contributed by atoms with Gasteiger partial charge in [0.2, 0.25) is 35.4 Å². The van der Waals surface area contributed by atoms with Crippen molar-refractivity contribution in [1.82, 2.24) is 46.6 Å². The van der Waals surface area contributed by atoms with Gasteiger partial charge in [0, 0.05) is 63.0 Å². The maximum atomic E-state index is 14.8. The number of ketones is 1. The Labute approximate surface area is 524 Å². The van der Waals surface area contributed by atoms with Gasteiger partial charge in [-0.25, -0.2) is 0 Å². The van der Waals surface area contributed by atoms with Crippen molar-refractivity contribution in [1.29, 1.82) is 0 Å². The Hall–Kier alpha value is -7.84. The second-order valence-corrected chi connectivity index (χ2v) is 24.5. The Morgan fingerprint density at radius 2 is 1.30 bits per heavy atom. The number of unbranched alkanes of at least 4 members (excludes halogenated alkanes) is 2. The van der Waals surface area contributed by atoms with Gasteiger partial charge in [0.05, 0.1) is 43.0 Å². The first-order chi connectivity index (χ1) is 43.0. The lowest BCUT2D eigenvalue weighted by Gasteiger charge is -2.34. The van der Waals surface area contributed by atoms with Gasteiger partial charge < -0.3 is 82.0 Å². The zero-order valence-electron chi connectivity index (χ0n) is 51.6. The lowest BCUT2D eigenvalue weighted by Crippen LogP contribution is -2.63. The number of aromatic hydroxyl groups is 1. The van der Waals surface area contributed by atoms with E-state index >= 15 is 0 Å². The predicted octanol–water partition coefficient (Wildman–Crippen LogP) is 0.772. The van der Waals surface area contributed by atoms with Crippen LogP contribution in [0.1, 0.15) is 88.6 Å². The zero-order valence-corrected chi connectivity index (χ0v) is 51.6. The van der Waals surface area contributed by atoms with Crippen molar-refractivity contribution >= 4 is 47.1 Å². The summed E-state index contributed by atoms with van der Waals surface area (Å²) in [5.41, 5.74) is 4.06. The first kappa shape index (κ1) is 68.1. The third-order valence-electron chi connectivity index (χ3n) is 17.6. The van der Waals surface area contributed by atoms with Crippen LogP contribution in [0.3, 0.4) is 0 Å². The summed E-state index contributed by atoms with van der Waals surface area (Å²) < 4.78 is 5.88. The number of nitrogens with one attached hydrogen (secondary N) is 6. The van der Waals surface area contributed by atoms with Crippen molar-refractivity contribution in [2.45, 2.75) is 152 Å². The summed E-state index contributed by atoms with van der Waals surface area (Å²) in [7, 11) is 1.97. The number of benzene rings is 4. The largest absolute Gasteiger partial charge is 0.508 e. The maximum absolute atomic E-state index is 14.8. The lowest BCUT2D eigenvalue weighted by molar-refractivity contribution is -0.149. The molecule has 0 aliphatic carbocycles. The first-order valence-electron chi connectivity index (χ1n) is 31.2. The summed E-state index contributed by atoms with van der Waals surface area (Å²) in [5, 5.41) is 83.3. The molecule has 4 saturated heterocycles. The normalized spacial score (nSPS) is 26.6. The van der Waals surface area contributed by atoms with Crippen LogP contribution < -0.4 is 36.6 Å². The Morgan fingerprint density at radius 3 is 1.90 bits per heavy atom. The molecule has 12 N–H and O–H groups in total. The number of aliphatic hydroxyl groups is 5. The van der Waals surface area contributed by atoms with Gasteiger partial charge in [-0.05, 0) is 117 Å². The van der Waals surface area contributed by atoms with Crippen molar-refractivity contribution in [3.05, 3.63) is 108 Å². The fourth-order valence-electron chi connectivity index (χ4n) is 12.0. The van der Waals surface area contributed by atoms with Gasteiger partial charge in [0.15, 0.2) is 5.78 Å². The number of phenolic OH excluding ortho intramolecular Hbond substituents is 1. The highest BCUT2D eigenvalue weighted by Gasteiger charge is 2.50. The Balaban J connectivity index is 1.10. The maximum Gasteiger partial charge on any atom is 0.251 e. The standard InChI is InChI=1S/C66H87N9O15/c1-6-7-8-29-90-49-23-19-44(20-24-49)42-13-11-41(12-14-42)43-15-17-45(18-16-43)60(83)69-52-34-68-61(84)51(33-67-46-25-27-73(5)28-26-46)70-64(87)58-59(82)37(2)35-75(58)65(88)50(38(3)76)32-55(81)57(54(80)30-40-9-21-47(78)22-10-40)72-63(86)53-31-48(79)36-74(53)66(89)56(39(4)77)71-62(52)85/h9-24,37-39,46,48,50-54,56-59,67,76-80,82H,6-8,25-36H2,1-5H3,(H,68,84)(H,69,83)(H,70,87)(H,71,85)(H,72,86)/t37-,38?,39?,48+,50-,51-,52-,53-,54+,56-,57-,58-,59-/m0/s1. The minimum Gasteiger partial charge on any atom is -0.508 e. The molecule has 2 unspecified atom stereocenters. The van der Waals surface area contributed by atoms with Crippen molar-refractivity contribution in [3.8, 4) is 33.8 Å². The van der Waals surface area contributed by atoms with E-state index < -0.39 is 152 Å². The number of hydrogen-bond acceptors (Lipinski definition) is 17. The molecule has 90 heavy (non-hydrogen) atoms. The van der Waals surface area contributed by atoms with E-state index in [9.17, 15) is 69.0 Å². The van der Waals surface area contributed by atoms with E-state index in [-0.39, 0.29) is 36.9 Å². The molecule has 0 spiro atoms. The van der Waals surface area contributed by atoms with Crippen LogP contribution >= 0.6 is 0 Å². The molecule has 7 amide bonds. The second-order valence-electron chi connectivity index (χ2n) is 24.5. The number of carbonyl (C=O) groups excluding carboxylic acids is 8. The van der Waals surface area contributed by atoms with Crippen LogP contribution in [-0.4, -0.2) is 218 Å². The fourth-order valence-corrected chi connectivity index (χ4v) is 12.0. The molecule has 0 saturated carbocycles. The van der Waals surface area contributed by atoms with Crippen molar-refractivity contribution in [2.24, 2.45) is 11.8 Å². The van der Waals surface area contributed by atoms with Crippen LogP contribution in [-0.2, 0) is 40.0 Å². The quantitative estimate of drug-likeness (QED) is 0.0650. The molecule has 0 bridgehead atoms. The molecule has 4 aliphatic heterocycles. The third kappa shape index (κ3) is 17.3. The topological polar surface area (TPSA) is 349 Å².